The van der Waals surface area contributed by atoms with Crippen molar-refractivity contribution in [3.63, 3.8) is 0 Å². The molecule has 0 unspecified atom stereocenters. The summed E-state index contributed by atoms with van der Waals surface area (Å²) in [6, 6.07) is 5.78. The molecule has 0 fully saturated rings. The summed E-state index contributed by atoms with van der Waals surface area (Å²) in [7, 11) is 0. The molecule has 0 N–H and O–H groups in total. The van der Waals surface area contributed by atoms with E-state index in [1.165, 1.54) is 0 Å². The Bertz CT molecular complexity index is 829. The Morgan fingerprint density at radius 3 is 2.68 bits per heavy atom. The van der Waals surface area contributed by atoms with E-state index < -0.39 is 5.76 Å². The number of fused-ring (bicyclic) bond motifs is 2. The highest BCUT2D eigenvalue weighted by atomic mass is 16.4. The maximum atomic E-state index is 11.6. The molecule has 3 aromatic rings. The quantitative estimate of drug-likeness (QED) is 0.578. The smallest absolute Gasteiger partial charge is 0.408 e. The van der Waals surface area contributed by atoms with Crippen LogP contribution in [0.5, 0.6) is 0 Å². The molecule has 0 aliphatic rings. The van der Waals surface area contributed by atoms with E-state index in [1.54, 1.807) is 12.4 Å². The molecule has 0 bridgehead atoms. The SMILES string of the molecule is CC(C)(C)c1nc(=O)oc2cc3cnccc3cc12. The zero-order chi connectivity index (χ0) is 13.6. The molecule has 0 saturated heterocycles. The molecule has 0 atom stereocenters. The number of aromatic nitrogens is 2. The van der Waals surface area contributed by atoms with Crippen molar-refractivity contribution >= 4 is 21.7 Å². The molecule has 0 radical (unpaired) electrons. The van der Waals surface area contributed by atoms with Crippen LogP contribution in [0.25, 0.3) is 21.7 Å². The van der Waals surface area contributed by atoms with Crippen LogP contribution in [0.15, 0.2) is 39.8 Å². The van der Waals surface area contributed by atoms with E-state index in [1.807, 2.05) is 39.0 Å². The van der Waals surface area contributed by atoms with Crippen LogP contribution in [0.1, 0.15) is 26.5 Å². The van der Waals surface area contributed by atoms with Gasteiger partial charge in [0.2, 0.25) is 0 Å². The minimum atomic E-state index is -0.555. The highest BCUT2D eigenvalue weighted by Crippen LogP contribution is 2.29. The fourth-order valence-corrected chi connectivity index (χ4v) is 2.22. The average Bonchev–Trinajstić information content (AvgIpc) is 2.34. The van der Waals surface area contributed by atoms with E-state index in [9.17, 15) is 4.79 Å². The van der Waals surface area contributed by atoms with Crippen molar-refractivity contribution in [2.45, 2.75) is 26.2 Å². The first-order valence-electron chi connectivity index (χ1n) is 6.14. The van der Waals surface area contributed by atoms with Crippen molar-refractivity contribution in [1.29, 1.82) is 0 Å². The molecule has 2 heterocycles. The van der Waals surface area contributed by atoms with Gasteiger partial charge in [0.15, 0.2) is 0 Å². The molecule has 0 amide bonds. The molecule has 96 valence electrons. The zero-order valence-corrected chi connectivity index (χ0v) is 11.1. The van der Waals surface area contributed by atoms with Crippen LogP contribution in [0.4, 0.5) is 0 Å². The van der Waals surface area contributed by atoms with Gasteiger partial charge in [0.05, 0.1) is 5.69 Å². The van der Waals surface area contributed by atoms with E-state index in [2.05, 4.69) is 9.97 Å². The predicted octanol–water partition coefficient (Wildman–Crippen LogP) is 3.03. The van der Waals surface area contributed by atoms with Gasteiger partial charge in [-0.2, -0.15) is 4.98 Å². The number of benzene rings is 1. The summed E-state index contributed by atoms with van der Waals surface area (Å²) in [5.74, 6) is -0.555. The molecule has 0 saturated carbocycles. The summed E-state index contributed by atoms with van der Waals surface area (Å²) >= 11 is 0. The third kappa shape index (κ3) is 1.99. The van der Waals surface area contributed by atoms with Gasteiger partial charge in [0.25, 0.3) is 0 Å². The molecule has 0 spiro atoms. The summed E-state index contributed by atoms with van der Waals surface area (Å²) < 4.78 is 5.21. The standard InChI is InChI=1S/C15H14N2O2/c1-15(2,3)13-11-6-9-4-5-16-8-10(9)7-12(11)19-14(18)17-13/h4-8H,1-3H3. The third-order valence-corrected chi connectivity index (χ3v) is 3.10. The largest absolute Gasteiger partial charge is 0.439 e. The Labute approximate surface area is 110 Å². The monoisotopic (exact) mass is 254 g/mol. The highest BCUT2D eigenvalue weighted by molar-refractivity contribution is 5.96. The van der Waals surface area contributed by atoms with Crippen LogP contribution in [0.3, 0.4) is 0 Å². The Kier molecular flexibility index (Phi) is 2.42. The molecular formula is C15H14N2O2. The number of hydrogen-bond donors (Lipinski definition) is 0. The summed E-state index contributed by atoms with van der Waals surface area (Å²) in [4.78, 5) is 19.7. The minimum Gasteiger partial charge on any atom is -0.408 e. The second kappa shape index (κ2) is 3.88. The minimum absolute atomic E-state index is 0.213. The maximum Gasteiger partial charge on any atom is 0.439 e. The van der Waals surface area contributed by atoms with Crippen molar-refractivity contribution in [2.24, 2.45) is 0 Å². The molecule has 3 rings (SSSR count). The lowest BCUT2D eigenvalue weighted by Gasteiger charge is -2.18. The zero-order valence-electron chi connectivity index (χ0n) is 11.1. The lowest BCUT2D eigenvalue weighted by Crippen LogP contribution is -2.19. The Morgan fingerprint density at radius 1 is 1.16 bits per heavy atom. The number of rotatable bonds is 0. The topological polar surface area (TPSA) is 56.0 Å². The van der Waals surface area contributed by atoms with Crippen molar-refractivity contribution in [2.75, 3.05) is 0 Å². The van der Waals surface area contributed by atoms with Crippen LogP contribution in [-0.4, -0.2) is 9.97 Å². The van der Waals surface area contributed by atoms with Gasteiger partial charge < -0.3 is 4.42 Å². The first-order chi connectivity index (χ1) is 8.95. The summed E-state index contributed by atoms with van der Waals surface area (Å²) in [5, 5.41) is 2.89. The molecule has 19 heavy (non-hydrogen) atoms. The van der Waals surface area contributed by atoms with E-state index in [4.69, 9.17) is 4.42 Å². The first-order valence-corrected chi connectivity index (χ1v) is 6.14. The Balaban J connectivity index is 2.50. The van der Waals surface area contributed by atoms with Crippen LogP contribution < -0.4 is 5.76 Å². The summed E-state index contributed by atoms with van der Waals surface area (Å²) in [5.41, 5.74) is 1.11. The van der Waals surface area contributed by atoms with Crippen molar-refractivity contribution in [3.05, 3.63) is 46.8 Å². The van der Waals surface area contributed by atoms with Gasteiger partial charge in [-0.25, -0.2) is 4.79 Å². The molecule has 0 aliphatic heterocycles. The Hall–Kier alpha value is -2.23. The van der Waals surface area contributed by atoms with Gasteiger partial charge in [-0.05, 0) is 23.6 Å². The summed E-state index contributed by atoms with van der Waals surface area (Å²) in [6.07, 6.45) is 3.50. The van der Waals surface area contributed by atoms with Crippen LogP contribution in [0, 0.1) is 0 Å². The van der Waals surface area contributed by atoms with Gasteiger partial charge in [-0.1, -0.05) is 20.8 Å². The average molecular weight is 254 g/mol. The van der Waals surface area contributed by atoms with Crippen molar-refractivity contribution in [1.82, 2.24) is 9.97 Å². The number of nitrogens with zero attached hydrogens (tertiary/aromatic N) is 2. The van der Waals surface area contributed by atoms with Crippen LogP contribution in [0.2, 0.25) is 0 Å². The Morgan fingerprint density at radius 2 is 1.95 bits per heavy atom. The molecule has 1 aromatic carbocycles. The number of pyridine rings is 1. The van der Waals surface area contributed by atoms with Gasteiger partial charge in [0, 0.05) is 28.6 Å². The second-order valence-electron chi connectivity index (χ2n) is 5.65. The summed E-state index contributed by atoms with van der Waals surface area (Å²) in [6.45, 7) is 6.10. The molecule has 2 aromatic heterocycles. The van der Waals surface area contributed by atoms with Gasteiger partial charge >= 0.3 is 5.76 Å². The van der Waals surface area contributed by atoms with Crippen LogP contribution in [-0.2, 0) is 5.41 Å². The molecule has 4 nitrogen and oxygen atoms in total. The number of hydrogen-bond acceptors (Lipinski definition) is 4. The van der Waals surface area contributed by atoms with E-state index >= 15 is 0 Å². The van der Waals surface area contributed by atoms with Crippen LogP contribution >= 0.6 is 0 Å². The van der Waals surface area contributed by atoms with Crippen molar-refractivity contribution < 1.29 is 4.42 Å². The van der Waals surface area contributed by atoms with E-state index in [-0.39, 0.29) is 5.41 Å². The molecular weight excluding hydrogens is 240 g/mol. The third-order valence-electron chi connectivity index (χ3n) is 3.10. The maximum absolute atomic E-state index is 11.6. The van der Waals surface area contributed by atoms with Crippen molar-refractivity contribution in [3.8, 4) is 0 Å². The van der Waals surface area contributed by atoms with E-state index in [0.29, 0.717) is 5.58 Å². The normalized spacial score (nSPS) is 12.2. The fraction of sp³-hybridized carbons (Fsp3) is 0.267. The lowest BCUT2D eigenvalue weighted by molar-refractivity contribution is 0.498. The van der Waals surface area contributed by atoms with Gasteiger partial charge in [-0.15, -0.1) is 0 Å². The molecule has 4 heteroatoms. The second-order valence-corrected chi connectivity index (χ2v) is 5.65. The highest BCUT2D eigenvalue weighted by Gasteiger charge is 2.21. The van der Waals surface area contributed by atoms with E-state index in [0.717, 1.165) is 21.9 Å². The molecule has 0 aliphatic carbocycles. The fourth-order valence-electron chi connectivity index (χ4n) is 2.22. The van der Waals surface area contributed by atoms with Gasteiger partial charge in [0.1, 0.15) is 5.58 Å². The first kappa shape index (κ1) is 11.8. The predicted molar refractivity (Wildman–Crippen MR) is 74.3 cm³/mol. The lowest BCUT2D eigenvalue weighted by atomic mass is 9.89. The van der Waals surface area contributed by atoms with Gasteiger partial charge in [-0.3, -0.25) is 4.98 Å².